The summed E-state index contributed by atoms with van der Waals surface area (Å²) in [4.78, 5) is 68.8. The average Bonchev–Trinajstić information content (AvgIpc) is 3.05. The van der Waals surface area contributed by atoms with Gasteiger partial charge >= 0.3 is 36.1 Å². The van der Waals surface area contributed by atoms with Gasteiger partial charge in [0.05, 0.1) is 26.4 Å². The molecule has 0 saturated heterocycles. The fourth-order valence-electron chi connectivity index (χ4n) is 4.11. The number of hydrogen-bond acceptors (Lipinski definition) is 10. The van der Waals surface area contributed by atoms with E-state index in [4.69, 9.17) is 29.2 Å². The molecule has 4 N–H and O–H groups in total. The molecule has 0 unspecified atom stereocenters. The predicted molar refractivity (Wildman–Crippen MR) is 177 cm³/mol. The minimum Gasteiger partial charge on any atom is -0.478 e. The Morgan fingerprint density at radius 2 is 0.979 bits per heavy atom. The second-order valence-corrected chi connectivity index (χ2v) is 11.1. The molecule has 0 bridgehead atoms. The molecule has 2 amide bonds. The van der Waals surface area contributed by atoms with Crippen LogP contribution in [0.2, 0.25) is 0 Å². The first-order valence-corrected chi connectivity index (χ1v) is 16.1. The number of aliphatic carboxylic acids is 2. The van der Waals surface area contributed by atoms with Crippen LogP contribution in [0, 0.1) is 11.8 Å². The number of allylic oxidation sites excluding steroid dienone is 2. The van der Waals surface area contributed by atoms with Crippen LogP contribution >= 0.6 is 0 Å². The van der Waals surface area contributed by atoms with Crippen molar-refractivity contribution in [2.75, 3.05) is 39.5 Å². The summed E-state index contributed by atoms with van der Waals surface area (Å²) in [5.41, 5.74) is 0.468. The Bertz CT molecular complexity index is 1060. The van der Waals surface area contributed by atoms with Crippen molar-refractivity contribution in [3.05, 3.63) is 48.6 Å². The second-order valence-electron chi connectivity index (χ2n) is 11.1. The number of amides is 2. The first-order valence-electron chi connectivity index (χ1n) is 16.1. The molecule has 0 fully saturated rings. The largest absolute Gasteiger partial charge is 0.478 e. The van der Waals surface area contributed by atoms with Gasteiger partial charge in [0, 0.05) is 36.4 Å². The molecule has 14 heteroatoms. The molecular weight excluding hydrogens is 628 g/mol. The lowest BCUT2D eigenvalue weighted by molar-refractivity contribution is -0.138. The van der Waals surface area contributed by atoms with Gasteiger partial charge in [0.15, 0.2) is 0 Å². The summed E-state index contributed by atoms with van der Waals surface area (Å²) >= 11 is 0. The van der Waals surface area contributed by atoms with E-state index >= 15 is 0 Å². The molecule has 0 atom stereocenters. The number of rotatable bonds is 27. The van der Waals surface area contributed by atoms with Gasteiger partial charge in [-0.15, -0.1) is 0 Å². The lowest BCUT2D eigenvalue weighted by Crippen LogP contribution is -2.28. The summed E-state index contributed by atoms with van der Waals surface area (Å²) in [6, 6.07) is 0. The van der Waals surface area contributed by atoms with Crippen LogP contribution in [0.1, 0.15) is 78.1 Å². The first kappa shape index (κ1) is 43.4. The van der Waals surface area contributed by atoms with Crippen LogP contribution < -0.4 is 10.6 Å². The number of carbonyl (C=O) groups excluding carboxylic acids is 4. The Morgan fingerprint density at radius 1 is 0.604 bits per heavy atom. The van der Waals surface area contributed by atoms with Gasteiger partial charge < -0.3 is 39.8 Å². The molecule has 0 aliphatic heterocycles. The smallest absolute Gasteiger partial charge is 0.407 e. The first-order chi connectivity index (χ1) is 22.9. The maximum atomic E-state index is 12.2. The molecule has 0 aromatic heterocycles. The maximum absolute atomic E-state index is 12.2. The Labute approximate surface area is 282 Å². The molecule has 0 heterocycles. The van der Waals surface area contributed by atoms with Crippen molar-refractivity contribution >= 4 is 36.1 Å². The fourth-order valence-corrected chi connectivity index (χ4v) is 4.11. The van der Waals surface area contributed by atoms with E-state index in [2.05, 4.69) is 23.8 Å². The van der Waals surface area contributed by atoms with E-state index < -0.39 is 36.1 Å². The summed E-state index contributed by atoms with van der Waals surface area (Å²) in [5.74, 6) is -3.38. The highest BCUT2D eigenvalue weighted by molar-refractivity contribution is 5.86. The van der Waals surface area contributed by atoms with Crippen LogP contribution in [0.4, 0.5) is 9.59 Å². The Hall–Kier alpha value is -4.62. The van der Waals surface area contributed by atoms with Crippen molar-refractivity contribution in [1.29, 1.82) is 0 Å². The van der Waals surface area contributed by atoms with Crippen molar-refractivity contribution < 1.29 is 57.9 Å². The predicted octanol–water partition coefficient (Wildman–Crippen LogP) is 5.09. The number of carbonyl (C=O) groups is 6. The molecule has 270 valence electrons. The summed E-state index contributed by atoms with van der Waals surface area (Å²) in [5, 5.41) is 23.4. The molecular formula is C34H52N2O12. The molecule has 48 heavy (non-hydrogen) atoms. The number of carboxylic acid groups (broad SMARTS) is 2. The van der Waals surface area contributed by atoms with E-state index in [0.717, 1.165) is 25.0 Å². The van der Waals surface area contributed by atoms with Crippen molar-refractivity contribution in [3.63, 3.8) is 0 Å². The van der Waals surface area contributed by atoms with E-state index in [0.29, 0.717) is 64.5 Å². The normalized spacial score (nSPS) is 12.0. The topological polar surface area (TPSA) is 204 Å². The summed E-state index contributed by atoms with van der Waals surface area (Å²) in [7, 11) is 0. The molecule has 0 rings (SSSR count). The number of esters is 2. The van der Waals surface area contributed by atoms with Gasteiger partial charge in [0.25, 0.3) is 0 Å². The zero-order valence-electron chi connectivity index (χ0n) is 28.2. The molecule has 0 aliphatic carbocycles. The van der Waals surface area contributed by atoms with Crippen molar-refractivity contribution in [2.24, 2.45) is 11.8 Å². The van der Waals surface area contributed by atoms with Crippen LogP contribution in [0.3, 0.4) is 0 Å². The van der Waals surface area contributed by atoms with Gasteiger partial charge in [-0.2, -0.15) is 0 Å². The molecule has 14 nitrogen and oxygen atoms in total. The molecule has 0 aliphatic rings. The second kappa shape index (κ2) is 27.5. The van der Waals surface area contributed by atoms with E-state index in [1.807, 2.05) is 0 Å². The Balaban J connectivity index is 4.32. The number of unbranched alkanes of at least 4 members (excludes halogenated alkanes) is 3. The monoisotopic (exact) mass is 680 g/mol. The Morgan fingerprint density at radius 3 is 1.33 bits per heavy atom. The zero-order valence-corrected chi connectivity index (χ0v) is 28.2. The number of hydrogen-bond donors (Lipinski definition) is 4. The third-order valence-corrected chi connectivity index (χ3v) is 7.14. The molecule has 0 saturated carbocycles. The minimum atomic E-state index is -0.994. The zero-order chi connectivity index (χ0) is 36.2. The fraction of sp³-hybridized carbons (Fsp3) is 0.588. The van der Waals surface area contributed by atoms with Gasteiger partial charge in [-0.05, 0) is 77.0 Å². The van der Waals surface area contributed by atoms with Crippen molar-refractivity contribution in [2.45, 2.75) is 78.1 Å². The van der Waals surface area contributed by atoms with Crippen LogP contribution in [0.5, 0.6) is 0 Å². The lowest BCUT2D eigenvalue weighted by Gasteiger charge is -2.17. The average molecular weight is 681 g/mol. The maximum Gasteiger partial charge on any atom is 0.407 e. The molecule has 0 aromatic carbocycles. The summed E-state index contributed by atoms with van der Waals surface area (Å²) in [6.07, 6.45) is 10.2. The summed E-state index contributed by atoms with van der Waals surface area (Å²) < 4.78 is 20.6. The highest BCUT2D eigenvalue weighted by Gasteiger charge is 2.15. The lowest BCUT2D eigenvalue weighted by atomic mass is 9.97. The summed E-state index contributed by atoms with van der Waals surface area (Å²) in [6.45, 7) is 10.9. The van der Waals surface area contributed by atoms with Crippen molar-refractivity contribution in [3.8, 4) is 0 Å². The van der Waals surface area contributed by atoms with Crippen molar-refractivity contribution in [1.82, 2.24) is 10.6 Å². The minimum absolute atomic E-state index is 0.0501. The highest BCUT2D eigenvalue weighted by atomic mass is 16.6. The third kappa shape index (κ3) is 24.6. The van der Waals surface area contributed by atoms with E-state index in [1.54, 1.807) is 12.2 Å². The van der Waals surface area contributed by atoms with Gasteiger partial charge in [0.1, 0.15) is 0 Å². The number of carboxylic acids is 2. The van der Waals surface area contributed by atoms with E-state index in [9.17, 15) is 28.8 Å². The molecule has 0 spiro atoms. The molecule has 0 aromatic rings. The van der Waals surface area contributed by atoms with Crippen LogP contribution in [0.15, 0.2) is 48.6 Å². The van der Waals surface area contributed by atoms with Gasteiger partial charge in [0.2, 0.25) is 0 Å². The number of ether oxygens (including phenoxy) is 4. The van der Waals surface area contributed by atoms with E-state index in [1.165, 1.54) is 13.8 Å². The van der Waals surface area contributed by atoms with E-state index in [-0.39, 0.29) is 49.4 Å². The SMILES string of the molecule is C=CC(=O)OCCC(CCOC(=O)C=C)COC(=O)NCCCCCCNC(=O)OCC(CCC=C(C)C(=O)O)CCC=C(C)C(=O)O. The van der Waals surface area contributed by atoms with Crippen LogP contribution in [-0.2, 0) is 38.1 Å². The van der Waals surface area contributed by atoms with Crippen LogP contribution in [0.25, 0.3) is 0 Å². The van der Waals surface area contributed by atoms with Gasteiger partial charge in [-0.25, -0.2) is 28.8 Å². The van der Waals surface area contributed by atoms with Gasteiger partial charge in [-0.1, -0.05) is 38.2 Å². The third-order valence-electron chi connectivity index (χ3n) is 7.14. The molecule has 0 radical (unpaired) electrons. The standard InChI is InChI=1S/C34H52N2O12/c1-5-29(37)45-21-17-28(18-22-46-30(38)6-2)24-48-34(44)36-20-10-8-7-9-19-35-33(43)47-23-27(15-11-13-25(3)31(39)40)16-12-14-26(4)32(41)42/h5-6,13-14,27-28H,1-2,7-12,15-24H2,3-4H3,(H,35,43)(H,36,44)(H,39,40)(H,41,42). The Kier molecular flexibility index (Phi) is 24.8. The van der Waals surface area contributed by atoms with Crippen LogP contribution in [-0.4, -0.2) is 85.8 Å². The number of alkyl carbamates (subject to hydrolysis) is 2. The van der Waals surface area contributed by atoms with Gasteiger partial charge in [-0.3, -0.25) is 0 Å². The quantitative estimate of drug-likeness (QED) is 0.0388. The highest BCUT2D eigenvalue weighted by Crippen LogP contribution is 2.17. The number of nitrogens with one attached hydrogen (secondary N) is 2.